The highest BCUT2D eigenvalue weighted by molar-refractivity contribution is 5.78. The van der Waals surface area contributed by atoms with Crippen LogP contribution in [0, 0.1) is 0 Å². The first-order valence-corrected chi connectivity index (χ1v) is 3.77. The Morgan fingerprint density at radius 3 is 1.00 bits per heavy atom. The SMILES string of the molecule is NNC(=O)C(F)F.O=C(O)C(F)F.O=C(O)C(F)F. The van der Waals surface area contributed by atoms with E-state index in [0.717, 1.165) is 0 Å². The van der Waals surface area contributed by atoms with Crippen LogP contribution in [0.2, 0.25) is 0 Å². The van der Waals surface area contributed by atoms with Crippen LogP contribution in [0.1, 0.15) is 0 Å². The molecule has 7 nitrogen and oxygen atoms in total. The van der Waals surface area contributed by atoms with E-state index in [-0.39, 0.29) is 0 Å². The van der Waals surface area contributed by atoms with Crippen molar-refractivity contribution in [2.45, 2.75) is 19.3 Å². The summed E-state index contributed by atoms with van der Waals surface area (Å²) in [4.78, 5) is 27.4. The summed E-state index contributed by atoms with van der Waals surface area (Å²) in [6.45, 7) is 0. The monoisotopic (exact) mass is 302 g/mol. The van der Waals surface area contributed by atoms with Gasteiger partial charge in [-0.15, -0.1) is 0 Å². The molecule has 0 heterocycles. The lowest BCUT2D eigenvalue weighted by molar-refractivity contribution is -0.150. The molecule has 0 atom stereocenters. The molecule has 0 rings (SSSR count). The van der Waals surface area contributed by atoms with Gasteiger partial charge in [0.25, 0.3) is 0 Å². The van der Waals surface area contributed by atoms with Gasteiger partial charge in [-0.2, -0.15) is 26.3 Å². The van der Waals surface area contributed by atoms with Crippen LogP contribution in [-0.4, -0.2) is 47.3 Å². The van der Waals surface area contributed by atoms with Crippen LogP contribution in [0.25, 0.3) is 0 Å². The van der Waals surface area contributed by atoms with Crippen LogP contribution in [0.3, 0.4) is 0 Å². The summed E-state index contributed by atoms with van der Waals surface area (Å²) >= 11 is 0. The van der Waals surface area contributed by atoms with Crippen molar-refractivity contribution in [1.82, 2.24) is 5.43 Å². The molecular weight excluding hydrogens is 294 g/mol. The van der Waals surface area contributed by atoms with Gasteiger partial charge >= 0.3 is 37.1 Å². The molecule has 0 aromatic carbocycles. The summed E-state index contributed by atoms with van der Waals surface area (Å²) in [6.07, 6.45) is -9.47. The molecule has 0 aliphatic rings. The van der Waals surface area contributed by atoms with E-state index in [4.69, 9.17) is 19.8 Å². The normalized spacial score (nSPS) is 9.16. The topological polar surface area (TPSA) is 130 Å². The van der Waals surface area contributed by atoms with Gasteiger partial charge in [-0.05, 0) is 0 Å². The Kier molecular flexibility index (Phi) is 14.5. The number of nitrogens with two attached hydrogens (primary N) is 1. The number of hydrazine groups is 1. The van der Waals surface area contributed by atoms with E-state index in [0.29, 0.717) is 0 Å². The lowest BCUT2D eigenvalue weighted by atomic mass is 10.7. The number of nitrogens with one attached hydrogen (secondary N) is 1. The van der Waals surface area contributed by atoms with Gasteiger partial charge in [0.2, 0.25) is 0 Å². The van der Waals surface area contributed by atoms with Crippen molar-refractivity contribution in [3.05, 3.63) is 0 Å². The van der Waals surface area contributed by atoms with Crippen LogP contribution in [0.4, 0.5) is 26.3 Å². The molecule has 0 saturated carbocycles. The van der Waals surface area contributed by atoms with E-state index in [1.54, 1.807) is 0 Å². The van der Waals surface area contributed by atoms with Gasteiger partial charge in [0.1, 0.15) is 0 Å². The fraction of sp³-hybridized carbons (Fsp3) is 0.500. The number of carboxylic acids is 2. The molecule has 0 aromatic rings. The second-order valence-corrected chi connectivity index (χ2v) is 2.09. The van der Waals surface area contributed by atoms with Crippen molar-refractivity contribution < 1.29 is 50.9 Å². The van der Waals surface area contributed by atoms with Crippen LogP contribution in [0.15, 0.2) is 0 Å². The summed E-state index contributed by atoms with van der Waals surface area (Å²) in [6, 6.07) is 0. The fourth-order valence-electron chi connectivity index (χ4n) is 0.0630. The van der Waals surface area contributed by atoms with E-state index in [1.807, 2.05) is 0 Å². The first kappa shape index (κ1) is 22.2. The van der Waals surface area contributed by atoms with E-state index in [1.165, 1.54) is 5.43 Å². The third-order valence-electron chi connectivity index (χ3n) is 0.714. The number of carbonyl (C=O) groups excluding carboxylic acids is 1. The molecule has 114 valence electrons. The predicted molar refractivity (Wildman–Crippen MR) is 45.6 cm³/mol. The Balaban J connectivity index is -0.000000203. The van der Waals surface area contributed by atoms with Crippen molar-refractivity contribution in [3.63, 3.8) is 0 Å². The quantitative estimate of drug-likeness (QED) is 0.249. The molecular formula is C6H8F6N2O5. The summed E-state index contributed by atoms with van der Waals surface area (Å²) in [5.74, 6) is -1.31. The van der Waals surface area contributed by atoms with E-state index < -0.39 is 37.1 Å². The molecule has 13 heteroatoms. The predicted octanol–water partition coefficient (Wildman–Crippen LogP) is -0.0864. The minimum Gasteiger partial charge on any atom is -0.477 e. The van der Waals surface area contributed by atoms with Crippen molar-refractivity contribution >= 4 is 17.8 Å². The molecule has 0 aromatic heterocycles. The van der Waals surface area contributed by atoms with E-state index >= 15 is 0 Å². The Morgan fingerprint density at radius 2 is 1.00 bits per heavy atom. The van der Waals surface area contributed by atoms with Crippen LogP contribution in [-0.2, 0) is 14.4 Å². The zero-order chi connectivity index (χ0) is 16.2. The average Bonchev–Trinajstić information content (AvgIpc) is 2.29. The first-order valence-electron chi connectivity index (χ1n) is 3.77. The minimum atomic E-state index is -3.23. The zero-order valence-corrected chi connectivity index (χ0v) is 8.70. The lowest BCUT2D eigenvalue weighted by Crippen LogP contribution is -2.34. The van der Waals surface area contributed by atoms with Gasteiger partial charge in [0, 0.05) is 0 Å². The number of aliphatic carboxylic acids is 2. The molecule has 19 heavy (non-hydrogen) atoms. The van der Waals surface area contributed by atoms with Gasteiger partial charge in [0.05, 0.1) is 0 Å². The molecule has 0 aliphatic heterocycles. The Bertz CT molecular complexity index is 269. The smallest absolute Gasteiger partial charge is 0.371 e. The Labute approximate surface area is 101 Å². The maximum absolute atomic E-state index is 10.9. The van der Waals surface area contributed by atoms with E-state index in [2.05, 4.69) is 5.84 Å². The number of hydrogen-bond donors (Lipinski definition) is 4. The molecule has 0 unspecified atom stereocenters. The zero-order valence-electron chi connectivity index (χ0n) is 8.70. The van der Waals surface area contributed by atoms with Crippen molar-refractivity contribution in [1.29, 1.82) is 0 Å². The van der Waals surface area contributed by atoms with Gasteiger partial charge in [-0.25, -0.2) is 15.4 Å². The molecule has 5 N–H and O–H groups in total. The number of rotatable bonds is 3. The number of amides is 1. The van der Waals surface area contributed by atoms with Crippen LogP contribution < -0.4 is 11.3 Å². The van der Waals surface area contributed by atoms with Crippen molar-refractivity contribution in [2.75, 3.05) is 0 Å². The van der Waals surface area contributed by atoms with E-state index in [9.17, 15) is 31.1 Å². The molecule has 0 bridgehead atoms. The minimum absolute atomic E-state index is 1.28. The molecule has 0 spiro atoms. The number of alkyl halides is 6. The maximum atomic E-state index is 10.9. The summed E-state index contributed by atoms with van der Waals surface area (Å²) in [5, 5.41) is 14.5. The lowest BCUT2D eigenvalue weighted by Gasteiger charge is -1.91. The summed E-state index contributed by atoms with van der Waals surface area (Å²) in [5.41, 5.74) is 1.28. The largest absolute Gasteiger partial charge is 0.477 e. The van der Waals surface area contributed by atoms with Crippen LogP contribution in [0.5, 0.6) is 0 Å². The van der Waals surface area contributed by atoms with Gasteiger partial charge in [0.15, 0.2) is 0 Å². The van der Waals surface area contributed by atoms with Gasteiger partial charge in [-0.1, -0.05) is 0 Å². The number of carboxylic acid groups (broad SMARTS) is 2. The highest BCUT2D eigenvalue weighted by Gasteiger charge is 2.11. The van der Waals surface area contributed by atoms with Crippen LogP contribution >= 0.6 is 0 Å². The van der Waals surface area contributed by atoms with Gasteiger partial charge < -0.3 is 10.2 Å². The standard InChI is InChI=1S/C2H4F2N2O.2C2H2F2O2/c3-1(4)2(7)6-5;2*3-1(4)2(5)6/h1H,5H2,(H,6,7);2*1H,(H,5,6). The Hall–Kier alpha value is -2.05. The molecule has 0 fully saturated rings. The second kappa shape index (κ2) is 12.4. The molecule has 0 aliphatic carbocycles. The third kappa shape index (κ3) is 21.7. The summed E-state index contributed by atoms with van der Waals surface area (Å²) in [7, 11) is 0. The third-order valence-corrected chi connectivity index (χ3v) is 0.714. The number of halogens is 6. The molecule has 1 amide bonds. The van der Waals surface area contributed by atoms with Gasteiger partial charge in [-0.3, -0.25) is 10.2 Å². The first-order chi connectivity index (χ1) is 8.47. The van der Waals surface area contributed by atoms with Crippen molar-refractivity contribution in [3.8, 4) is 0 Å². The molecule has 0 radical (unpaired) electrons. The maximum Gasteiger partial charge on any atom is 0.371 e. The average molecular weight is 302 g/mol. The molecule has 0 saturated heterocycles. The fourth-order valence-corrected chi connectivity index (χ4v) is 0.0630. The highest BCUT2D eigenvalue weighted by Crippen LogP contribution is 1.88. The van der Waals surface area contributed by atoms with Crippen molar-refractivity contribution in [2.24, 2.45) is 5.84 Å². The second-order valence-electron chi connectivity index (χ2n) is 2.09. The number of carbonyl (C=O) groups is 3. The summed E-state index contributed by atoms with van der Waals surface area (Å²) < 4.78 is 64.1. The Morgan fingerprint density at radius 1 is 0.789 bits per heavy atom. The number of hydrogen-bond acceptors (Lipinski definition) is 4. The highest BCUT2D eigenvalue weighted by atomic mass is 19.3.